The molecular formula is C7H5ClN2O3S. The molecule has 74 valence electrons. The molecule has 7 heteroatoms. The molecule has 0 aliphatic heterocycles. The van der Waals surface area contributed by atoms with Gasteiger partial charge in [0.25, 0.3) is 0 Å². The summed E-state index contributed by atoms with van der Waals surface area (Å²) in [5.74, 6) is 0. The second-order valence-electron chi connectivity index (χ2n) is 2.78. The van der Waals surface area contributed by atoms with E-state index in [0.29, 0.717) is 5.52 Å². The Morgan fingerprint density at radius 3 is 2.71 bits per heavy atom. The van der Waals surface area contributed by atoms with Gasteiger partial charge in [-0.05, 0) is 22.4 Å². The van der Waals surface area contributed by atoms with Crippen LogP contribution in [0.15, 0.2) is 21.7 Å². The number of fused-ring (bicyclic) bond motifs is 1. The van der Waals surface area contributed by atoms with Crippen LogP contribution in [0.25, 0.3) is 11.0 Å². The number of sulfone groups is 1. The maximum absolute atomic E-state index is 11.4. The summed E-state index contributed by atoms with van der Waals surface area (Å²) in [7, 11) is -3.42. The molecule has 0 unspecified atom stereocenters. The Bertz CT molecular complexity index is 590. The number of nitrogens with zero attached hydrogens (tertiary/aromatic N) is 2. The molecule has 0 N–H and O–H groups in total. The van der Waals surface area contributed by atoms with Crippen LogP contribution in [0.4, 0.5) is 0 Å². The monoisotopic (exact) mass is 232 g/mol. The molecule has 2 aromatic rings. The summed E-state index contributed by atoms with van der Waals surface area (Å²) in [6.07, 6.45) is 1.06. The van der Waals surface area contributed by atoms with Crippen molar-refractivity contribution in [3.05, 3.63) is 17.2 Å². The van der Waals surface area contributed by atoms with Gasteiger partial charge >= 0.3 is 0 Å². The zero-order valence-electron chi connectivity index (χ0n) is 7.06. The Hall–Kier alpha value is -1.14. The van der Waals surface area contributed by atoms with Gasteiger partial charge in [0.15, 0.2) is 15.4 Å². The fourth-order valence-corrected chi connectivity index (χ4v) is 2.64. The van der Waals surface area contributed by atoms with Gasteiger partial charge in [0.05, 0.1) is 5.02 Å². The molecule has 0 spiro atoms. The molecule has 5 nitrogen and oxygen atoms in total. The van der Waals surface area contributed by atoms with Gasteiger partial charge in [-0.1, -0.05) is 11.6 Å². The zero-order valence-corrected chi connectivity index (χ0v) is 8.63. The Balaban J connectivity index is 2.98. The topological polar surface area (TPSA) is 73.1 Å². The largest absolute Gasteiger partial charge is 0.243 e. The van der Waals surface area contributed by atoms with Gasteiger partial charge in [0, 0.05) is 6.26 Å². The number of aromatic nitrogens is 2. The van der Waals surface area contributed by atoms with E-state index in [0.717, 1.165) is 6.26 Å². The number of benzene rings is 1. The zero-order chi connectivity index (χ0) is 10.3. The van der Waals surface area contributed by atoms with E-state index >= 15 is 0 Å². The normalized spacial score (nSPS) is 12.1. The Morgan fingerprint density at radius 2 is 2.07 bits per heavy atom. The summed E-state index contributed by atoms with van der Waals surface area (Å²) in [5, 5.41) is 7.14. The number of rotatable bonds is 1. The highest BCUT2D eigenvalue weighted by molar-refractivity contribution is 7.91. The quantitative estimate of drug-likeness (QED) is 0.741. The second-order valence-corrected chi connectivity index (χ2v) is 5.14. The van der Waals surface area contributed by atoms with E-state index in [-0.39, 0.29) is 15.4 Å². The van der Waals surface area contributed by atoms with Crippen molar-refractivity contribution in [2.45, 2.75) is 4.90 Å². The number of hydrogen-bond acceptors (Lipinski definition) is 5. The van der Waals surface area contributed by atoms with Gasteiger partial charge in [0.1, 0.15) is 10.4 Å². The molecule has 0 fully saturated rings. The first-order valence-corrected chi connectivity index (χ1v) is 5.88. The molecular weight excluding hydrogens is 228 g/mol. The Kier molecular flexibility index (Phi) is 1.97. The first-order valence-electron chi connectivity index (χ1n) is 3.61. The van der Waals surface area contributed by atoms with Crippen molar-refractivity contribution < 1.29 is 13.0 Å². The first kappa shape index (κ1) is 9.42. The Labute approximate surface area is 84.5 Å². The maximum Gasteiger partial charge on any atom is 0.179 e. The average Bonchev–Trinajstić information content (AvgIpc) is 2.48. The average molecular weight is 233 g/mol. The minimum absolute atomic E-state index is 0.0436. The molecule has 0 saturated heterocycles. The molecule has 0 aliphatic carbocycles. The van der Waals surface area contributed by atoms with Crippen LogP contribution < -0.4 is 0 Å². The van der Waals surface area contributed by atoms with Crippen molar-refractivity contribution in [3.63, 3.8) is 0 Å². The van der Waals surface area contributed by atoms with Gasteiger partial charge < -0.3 is 0 Å². The maximum atomic E-state index is 11.4. The molecule has 0 aliphatic rings. The summed E-state index contributed by atoms with van der Waals surface area (Å²) in [5.41, 5.74) is 0.537. The minimum atomic E-state index is -3.42. The van der Waals surface area contributed by atoms with E-state index in [2.05, 4.69) is 14.9 Å². The molecule has 1 aromatic heterocycles. The van der Waals surface area contributed by atoms with Gasteiger partial charge in [0.2, 0.25) is 0 Å². The predicted octanol–water partition coefficient (Wildman–Crippen LogP) is 1.28. The number of hydrogen-bond donors (Lipinski definition) is 0. The molecule has 0 saturated carbocycles. The lowest BCUT2D eigenvalue weighted by atomic mass is 10.3. The molecule has 1 heterocycles. The van der Waals surface area contributed by atoms with Crippen molar-refractivity contribution in [3.8, 4) is 0 Å². The third-order valence-electron chi connectivity index (χ3n) is 1.70. The van der Waals surface area contributed by atoms with Crippen LogP contribution >= 0.6 is 11.6 Å². The van der Waals surface area contributed by atoms with Crippen molar-refractivity contribution in [2.75, 3.05) is 6.26 Å². The van der Waals surface area contributed by atoms with Crippen LogP contribution in [0.1, 0.15) is 0 Å². The molecule has 0 bridgehead atoms. The van der Waals surface area contributed by atoms with E-state index in [1.165, 1.54) is 6.07 Å². The number of halogens is 1. The van der Waals surface area contributed by atoms with Crippen LogP contribution in [-0.4, -0.2) is 25.0 Å². The van der Waals surface area contributed by atoms with Crippen molar-refractivity contribution in [1.82, 2.24) is 10.3 Å². The van der Waals surface area contributed by atoms with E-state index < -0.39 is 9.84 Å². The summed E-state index contributed by atoms with van der Waals surface area (Å²) in [6.45, 7) is 0. The highest BCUT2D eigenvalue weighted by Gasteiger charge is 2.19. The van der Waals surface area contributed by atoms with Crippen molar-refractivity contribution >= 4 is 32.5 Å². The minimum Gasteiger partial charge on any atom is -0.243 e. The van der Waals surface area contributed by atoms with Crippen LogP contribution in [0.3, 0.4) is 0 Å². The fourth-order valence-electron chi connectivity index (χ4n) is 1.16. The summed E-state index contributed by atoms with van der Waals surface area (Å²) in [4.78, 5) is -0.0436. The predicted molar refractivity (Wildman–Crippen MR) is 49.9 cm³/mol. The highest BCUT2D eigenvalue weighted by Crippen LogP contribution is 2.27. The molecule has 2 rings (SSSR count). The van der Waals surface area contributed by atoms with Crippen LogP contribution in [0, 0.1) is 0 Å². The summed E-state index contributed by atoms with van der Waals surface area (Å²) in [6, 6.07) is 2.99. The lowest BCUT2D eigenvalue weighted by Crippen LogP contribution is -1.99. The van der Waals surface area contributed by atoms with E-state index in [9.17, 15) is 8.42 Å². The Morgan fingerprint density at radius 1 is 1.36 bits per heavy atom. The standard InChI is InChI=1S/C7H5ClN2O3S/c1-14(11,12)7-4(8)2-3-5-6(7)10-13-9-5/h2-3H,1H3. The van der Waals surface area contributed by atoms with Gasteiger partial charge in [-0.3, -0.25) is 0 Å². The smallest absolute Gasteiger partial charge is 0.179 e. The first-order chi connectivity index (χ1) is 6.50. The van der Waals surface area contributed by atoms with Crippen LogP contribution in [0.5, 0.6) is 0 Å². The van der Waals surface area contributed by atoms with E-state index in [1.807, 2.05) is 0 Å². The van der Waals surface area contributed by atoms with Crippen molar-refractivity contribution in [2.24, 2.45) is 0 Å². The lowest BCUT2D eigenvalue weighted by molar-refractivity contribution is 0.315. The highest BCUT2D eigenvalue weighted by atomic mass is 35.5. The fraction of sp³-hybridized carbons (Fsp3) is 0.143. The van der Waals surface area contributed by atoms with E-state index in [4.69, 9.17) is 11.6 Å². The van der Waals surface area contributed by atoms with Crippen molar-refractivity contribution in [1.29, 1.82) is 0 Å². The molecule has 0 amide bonds. The third-order valence-corrected chi connectivity index (χ3v) is 3.29. The molecule has 0 atom stereocenters. The van der Waals surface area contributed by atoms with Crippen LogP contribution in [-0.2, 0) is 9.84 Å². The third kappa shape index (κ3) is 1.36. The molecule has 14 heavy (non-hydrogen) atoms. The lowest BCUT2D eigenvalue weighted by Gasteiger charge is -1.99. The summed E-state index contributed by atoms with van der Waals surface area (Å²) < 4.78 is 27.2. The van der Waals surface area contributed by atoms with Gasteiger partial charge in [-0.15, -0.1) is 0 Å². The molecule has 1 aromatic carbocycles. The van der Waals surface area contributed by atoms with E-state index in [1.54, 1.807) is 6.07 Å². The molecule has 0 radical (unpaired) electrons. The van der Waals surface area contributed by atoms with Gasteiger partial charge in [-0.2, -0.15) is 0 Å². The SMILES string of the molecule is CS(=O)(=O)c1c(Cl)ccc2nonc12. The summed E-state index contributed by atoms with van der Waals surface area (Å²) >= 11 is 5.76. The van der Waals surface area contributed by atoms with Crippen LogP contribution in [0.2, 0.25) is 5.02 Å². The van der Waals surface area contributed by atoms with Gasteiger partial charge in [-0.25, -0.2) is 13.0 Å². The second kappa shape index (κ2) is 2.93.